The first-order valence-corrected chi connectivity index (χ1v) is 3.82. The normalized spacial score (nSPS) is 9.31. The SMILES string of the molecule is C#CCN(C)C(=O)c1cn(C)cn1. The summed E-state index contributed by atoms with van der Waals surface area (Å²) in [6.07, 6.45) is 8.32. The van der Waals surface area contributed by atoms with Crippen molar-refractivity contribution < 1.29 is 4.79 Å². The number of terminal acetylenes is 1. The van der Waals surface area contributed by atoms with Gasteiger partial charge in [0, 0.05) is 20.3 Å². The maximum Gasteiger partial charge on any atom is 0.274 e. The van der Waals surface area contributed by atoms with Gasteiger partial charge in [0.05, 0.1) is 12.9 Å². The second-order valence-electron chi connectivity index (χ2n) is 2.79. The predicted molar refractivity (Wildman–Crippen MR) is 49.0 cm³/mol. The van der Waals surface area contributed by atoms with Crippen LogP contribution in [0.25, 0.3) is 0 Å². The van der Waals surface area contributed by atoms with Gasteiger partial charge in [-0.05, 0) is 0 Å². The summed E-state index contributed by atoms with van der Waals surface area (Å²) >= 11 is 0. The van der Waals surface area contributed by atoms with Crippen LogP contribution in [0.15, 0.2) is 12.5 Å². The number of nitrogens with zero attached hydrogens (tertiary/aromatic N) is 3. The van der Waals surface area contributed by atoms with Gasteiger partial charge in [0.2, 0.25) is 0 Å². The van der Waals surface area contributed by atoms with E-state index in [-0.39, 0.29) is 5.91 Å². The molecule has 0 aliphatic rings. The smallest absolute Gasteiger partial charge is 0.274 e. The number of hydrogen-bond donors (Lipinski definition) is 0. The van der Waals surface area contributed by atoms with Crippen LogP contribution in [-0.2, 0) is 7.05 Å². The topological polar surface area (TPSA) is 38.1 Å². The van der Waals surface area contributed by atoms with E-state index >= 15 is 0 Å². The van der Waals surface area contributed by atoms with Crippen molar-refractivity contribution in [2.45, 2.75) is 0 Å². The highest BCUT2D eigenvalue weighted by molar-refractivity contribution is 5.92. The summed E-state index contributed by atoms with van der Waals surface area (Å²) in [5, 5.41) is 0. The van der Waals surface area contributed by atoms with Crippen LogP contribution in [0.5, 0.6) is 0 Å². The molecule has 0 bridgehead atoms. The Kier molecular flexibility index (Phi) is 2.70. The molecule has 0 saturated carbocycles. The molecule has 1 rings (SSSR count). The van der Waals surface area contributed by atoms with Crippen LogP contribution in [0.4, 0.5) is 0 Å². The molecule has 1 aromatic heterocycles. The summed E-state index contributed by atoms with van der Waals surface area (Å²) in [6, 6.07) is 0. The highest BCUT2D eigenvalue weighted by atomic mass is 16.2. The van der Waals surface area contributed by atoms with E-state index in [1.807, 2.05) is 7.05 Å². The molecule has 0 saturated heterocycles. The first-order valence-electron chi connectivity index (χ1n) is 3.82. The van der Waals surface area contributed by atoms with E-state index < -0.39 is 0 Å². The van der Waals surface area contributed by atoms with Crippen LogP contribution in [0.3, 0.4) is 0 Å². The van der Waals surface area contributed by atoms with E-state index in [0.717, 1.165) is 0 Å². The van der Waals surface area contributed by atoms with Gasteiger partial charge < -0.3 is 9.47 Å². The third-order valence-corrected chi connectivity index (χ3v) is 1.60. The molecule has 0 N–H and O–H groups in total. The van der Waals surface area contributed by atoms with E-state index in [9.17, 15) is 4.79 Å². The summed E-state index contributed by atoms with van der Waals surface area (Å²) in [6.45, 7) is 0.301. The minimum absolute atomic E-state index is 0.154. The Balaban J connectivity index is 2.74. The lowest BCUT2D eigenvalue weighted by atomic mass is 10.4. The molecule has 4 heteroatoms. The van der Waals surface area contributed by atoms with Gasteiger partial charge in [-0.25, -0.2) is 4.98 Å². The van der Waals surface area contributed by atoms with Crippen molar-refractivity contribution in [3.05, 3.63) is 18.2 Å². The Morgan fingerprint density at radius 2 is 2.54 bits per heavy atom. The van der Waals surface area contributed by atoms with Gasteiger partial charge in [0.25, 0.3) is 5.91 Å². The van der Waals surface area contributed by atoms with Gasteiger partial charge >= 0.3 is 0 Å². The van der Waals surface area contributed by atoms with Crippen molar-refractivity contribution in [1.29, 1.82) is 0 Å². The Bertz CT molecular complexity index is 348. The predicted octanol–water partition coefficient (Wildman–Crippen LogP) is 0.125. The number of carbonyl (C=O) groups is 1. The van der Waals surface area contributed by atoms with Crippen LogP contribution < -0.4 is 0 Å². The van der Waals surface area contributed by atoms with E-state index in [4.69, 9.17) is 6.42 Å². The summed E-state index contributed by atoms with van der Waals surface area (Å²) in [7, 11) is 3.46. The van der Waals surface area contributed by atoms with Crippen molar-refractivity contribution in [1.82, 2.24) is 14.5 Å². The van der Waals surface area contributed by atoms with Crippen LogP contribution in [0.1, 0.15) is 10.5 Å². The van der Waals surface area contributed by atoms with Crippen LogP contribution in [0.2, 0.25) is 0 Å². The number of imidazole rings is 1. The number of rotatable bonds is 2. The summed E-state index contributed by atoms with van der Waals surface area (Å²) in [5.41, 5.74) is 0.417. The minimum Gasteiger partial charge on any atom is -0.340 e. The van der Waals surface area contributed by atoms with E-state index in [2.05, 4.69) is 10.9 Å². The molecule has 0 aromatic carbocycles. The zero-order chi connectivity index (χ0) is 9.84. The number of carbonyl (C=O) groups excluding carboxylic acids is 1. The molecule has 4 nitrogen and oxygen atoms in total. The molecule has 1 amide bonds. The molecular formula is C9H11N3O. The molecular weight excluding hydrogens is 166 g/mol. The molecule has 1 aromatic rings. The molecule has 68 valence electrons. The zero-order valence-electron chi connectivity index (χ0n) is 7.69. The summed E-state index contributed by atoms with van der Waals surface area (Å²) in [5.74, 6) is 2.24. The Hall–Kier alpha value is -1.76. The maximum atomic E-state index is 11.5. The van der Waals surface area contributed by atoms with Crippen molar-refractivity contribution in [2.75, 3.05) is 13.6 Å². The van der Waals surface area contributed by atoms with E-state index in [1.54, 1.807) is 24.1 Å². The lowest BCUT2D eigenvalue weighted by Gasteiger charge is -2.11. The minimum atomic E-state index is -0.154. The molecule has 0 aliphatic carbocycles. The molecule has 0 aliphatic heterocycles. The average Bonchev–Trinajstić information content (AvgIpc) is 2.51. The van der Waals surface area contributed by atoms with Crippen LogP contribution in [0, 0.1) is 12.3 Å². The van der Waals surface area contributed by atoms with Crippen molar-refractivity contribution >= 4 is 5.91 Å². The Morgan fingerprint density at radius 3 is 3.00 bits per heavy atom. The van der Waals surface area contributed by atoms with E-state index in [1.165, 1.54) is 4.90 Å². The summed E-state index contributed by atoms with van der Waals surface area (Å²) in [4.78, 5) is 16.9. The molecule has 13 heavy (non-hydrogen) atoms. The third-order valence-electron chi connectivity index (χ3n) is 1.60. The largest absolute Gasteiger partial charge is 0.340 e. The van der Waals surface area contributed by atoms with Crippen LogP contribution >= 0.6 is 0 Å². The van der Waals surface area contributed by atoms with Crippen molar-refractivity contribution in [2.24, 2.45) is 7.05 Å². The molecule has 1 heterocycles. The fourth-order valence-electron chi connectivity index (χ4n) is 0.928. The second kappa shape index (κ2) is 3.76. The van der Waals surface area contributed by atoms with Crippen LogP contribution in [-0.4, -0.2) is 34.0 Å². The van der Waals surface area contributed by atoms with Gasteiger partial charge in [0.1, 0.15) is 5.69 Å². The number of aryl methyl sites for hydroxylation is 1. The first-order chi connectivity index (χ1) is 6.15. The third kappa shape index (κ3) is 2.09. The van der Waals surface area contributed by atoms with Crippen molar-refractivity contribution in [3.8, 4) is 12.3 Å². The maximum absolute atomic E-state index is 11.5. The number of amides is 1. The molecule has 0 unspecified atom stereocenters. The highest BCUT2D eigenvalue weighted by Gasteiger charge is 2.12. The molecule has 0 fully saturated rings. The van der Waals surface area contributed by atoms with Gasteiger partial charge in [-0.15, -0.1) is 6.42 Å². The van der Waals surface area contributed by atoms with Gasteiger partial charge in [0.15, 0.2) is 0 Å². The standard InChI is InChI=1S/C9H11N3O/c1-4-5-12(3)9(13)8-6-11(2)7-10-8/h1,6-7H,5H2,2-3H3. The highest BCUT2D eigenvalue weighted by Crippen LogP contribution is 1.98. The van der Waals surface area contributed by atoms with Gasteiger partial charge in [-0.1, -0.05) is 5.92 Å². The van der Waals surface area contributed by atoms with Gasteiger partial charge in [-0.3, -0.25) is 4.79 Å². The fraction of sp³-hybridized carbons (Fsp3) is 0.333. The number of aromatic nitrogens is 2. The quantitative estimate of drug-likeness (QED) is 0.602. The molecule has 0 atom stereocenters. The Morgan fingerprint density at radius 1 is 1.85 bits per heavy atom. The Labute approximate surface area is 77.2 Å². The van der Waals surface area contributed by atoms with Gasteiger partial charge in [-0.2, -0.15) is 0 Å². The van der Waals surface area contributed by atoms with E-state index in [0.29, 0.717) is 12.2 Å². The summed E-state index contributed by atoms with van der Waals surface area (Å²) < 4.78 is 1.72. The molecule has 0 spiro atoms. The first kappa shape index (κ1) is 9.33. The monoisotopic (exact) mass is 177 g/mol. The molecule has 0 radical (unpaired) electrons. The lowest BCUT2D eigenvalue weighted by Crippen LogP contribution is -2.27. The van der Waals surface area contributed by atoms with Crippen molar-refractivity contribution in [3.63, 3.8) is 0 Å². The zero-order valence-corrected chi connectivity index (χ0v) is 7.69. The fourth-order valence-corrected chi connectivity index (χ4v) is 0.928. The second-order valence-corrected chi connectivity index (χ2v) is 2.79. The number of hydrogen-bond acceptors (Lipinski definition) is 2. The average molecular weight is 177 g/mol. The lowest BCUT2D eigenvalue weighted by molar-refractivity contribution is 0.0807.